The average molecular weight is 342 g/mol. The predicted molar refractivity (Wildman–Crippen MR) is 96.9 cm³/mol. The molecule has 1 saturated heterocycles. The van der Waals surface area contributed by atoms with Crippen LogP contribution in [-0.2, 0) is 17.8 Å². The normalized spacial score (nSPS) is 17.2. The Bertz CT molecular complexity index is 643. The lowest BCUT2D eigenvalue weighted by Gasteiger charge is -2.23. The van der Waals surface area contributed by atoms with Gasteiger partial charge in [-0.3, -0.25) is 4.98 Å². The summed E-state index contributed by atoms with van der Waals surface area (Å²) in [5.74, 6) is 1.54. The first-order valence-electron chi connectivity index (χ1n) is 8.86. The summed E-state index contributed by atoms with van der Waals surface area (Å²) in [6, 6.07) is 10.1. The Morgan fingerprint density at radius 3 is 2.68 bits per heavy atom. The van der Waals surface area contributed by atoms with Gasteiger partial charge in [-0.05, 0) is 54.7 Å². The van der Waals surface area contributed by atoms with E-state index >= 15 is 0 Å². The fraction of sp³-hybridized carbons (Fsp3) is 0.450. The molecule has 1 aromatic heterocycles. The minimum Gasteiger partial charge on any atom is -0.493 e. The molecule has 5 nitrogen and oxygen atoms in total. The van der Waals surface area contributed by atoms with Crippen LogP contribution in [0.25, 0.3) is 0 Å². The minimum absolute atomic E-state index is 0.187. The SMILES string of the molecule is COc1ccc(CNCc2ccncc2)cc1OCC1CCCCO1. The Balaban J connectivity index is 1.55. The first kappa shape index (κ1) is 17.7. The van der Waals surface area contributed by atoms with Gasteiger partial charge in [-0.2, -0.15) is 0 Å². The van der Waals surface area contributed by atoms with Gasteiger partial charge in [0.1, 0.15) is 6.61 Å². The topological polar surface area (TPSA) is 52.6 Å². The van der Waals surface area contributed by atoms with E-state index in [0.29, 0.717) is 6.61 Å². The van der Waals surface area contributed by atoms with Crippen LogP contribution in [-0.4, -0.2) is 31.4 Å². The predicted octanol–water partition coefficient (Wildman–Crippen LogP) is 3.33. The van der Waals surface area contributed by atoms with Gasteiger partial charge in [0.05, 0.1) is 13.2 Å². The van der Waals surface area contributed by atoms with Gasteiger partial charge in [-0.25, -0.2) is 0 Å². The third kappa shape index (κ3) is 5.44. The van der Waals surface area contributed by atoms with Gasteiger partial charge in [0.25, 0.3) is 0 Å². The quantitative estimate of drug-likeness (QED) is 0.797. The van der Waals surface area contributed by atoms with Crippen molar-refractivity contribution in [3.63, 3.8) is 0 Å². The molecule has 1 aromatic carbocycles. The summed E-state index contributed by atoms with van der Waals surface area (Å²) in [6.45, 7) is 2.98. The highest BCUT2D eigenvalue weighted by molar-refractivity contribution is 5.43. The highest BCUT2D eigenvalue weighted by atomic mass is 16.5. The maximum atomic E-state index is 5.99. The van der Waals surface area contributed by atoms with Crippen molar-refractivity contribution in [1.29, 1.82) is 0 Å². The Morgan fingerprint density at radius 1 is 1.08 bits per heavy atom. The van der Waals surface area contributed by atoms with Crippen molar-refractivity contribution < 1.29 is 14.2 Å². The number of ether oxygens (including phenoxy) is 3. The van der Waals surface area contributed by atoms with E-state index in [2.05, 4.69) is 16.4 Å². The molecule has 3 rings (SSSR count). The van der Waals surface area contributed by atoms with Gasteiger partial charge in [0, 0.05) is 32.1 Å². The van der Waals surface area contributed by atoms with E-state index in [4.69, 9.17) is 14.2 Å². The minimum atomic E-state index is 0.187. The molecule has 0 bridgehead atoms. The van der Waals surface area contributed by atoms with Crippen molar-refractivity contribution in [2.75, 3.05) is 20.3 Å². The fourth-order valence-corrected chi connectivity index (χ4v) is 2.92. The number of nitrogens with one attached hydrogen (secondary N) is 1. The second kappa shape index (κ2) is 9.39. The Morgan fingerprint density at radius 2 is 1.92 bits per heavy atom. The van der Waals surface area contributed by atoms with Crippen molar-refractivity contribution in [3.05, 3.63) is 53.9 Å². The van der Waals surface area contributed by atoms with Gasteiger partial charge in [0.2, 0.25) is 0 Å². The molecule has 0 saturated carbocycles. The van der Waals surface area contributed by atoms with E-state index in [0.717, 1.165) is 49.6 Å². The molecule has 1 atom stereocenters. The second-order valence-corrected chi connectivity index (χ2v) is 6.24. The maximum absolute atomic E-state index is 5.99. The number of benzene rings is 1. The second-order valence-electron chi connectivity index (χ2n) is 6.24. The molecule has 25 heavy (non-hydrogen) atoms. The molecule has 2 heterocycles. The van der Waals surface area contributed by atoms with Crippen LogP contribution in [0.5, 0.6) is 11.5 Å². The van der Waals surface area contributed by atoms with E-state index in [1.165, 1.54) is 12.0 Å². The summed E-state index contributed by atoms with van der Waals surface area (Å²) < 4.78 is 17.1. The van der Waals surface area contributed by atoms with Crippen molar-refractivity contribution in [2.45, 2.75) is 38.5 Å². The van der Waals surface area contributed by atoms with Crippen LogP contribution in [0.1, 0.15) is 30.4 Å². The van der Waals surface area contributed by atoms with Gasteiger partial charge in [-0.1, -0.05) is 6.07 Å². The summed E-state index contributed by atoms with van der Waals surface area (Å²) >= 11 is 0. The number of rotatable bonds is 8. The molecule has 0 spiro atoms. The number of pyridine rings is 1. The number of nitrogens with zero attached hydrogens (tertiary/aromatic N) is 1. The standard InChI is InChI=1S/C20H26N2O3/c1-23-19-6-5-17(14-22-13-16-7-9-21-10-8-16)12-20(19)25-15-18-4-2-3-11-24-18/h5-10,12,18,22H,2-4,11,13-15H2,1H3. The van der Waals surface area contributed by atoms with Crippen molar-refractivity contribution in [1.82, 2.24) is 10.3 Å². The van der Waals surface area contributed by atoms with Crippen molar-refractivity contribution >= 4 is 0 Å². The summed E-state index contributed by atoms with van der Waals surface area (Å²) in [6.07, 6.45) is 7.23. The maximum Gasteiger partial charge on any atom is 0.161 e. The van der Waals surface area contributed by atoms with Crippen molar-refractivity contribution in [2.24, 2.45) is 0 Å². The molecular weight excluding hydrogens is 316 g/mol. The number of aromatic nitrogens is 1. The Hall–Kier alpha value is -2.11. The molecule has 0 aliphatic carbocycles. The molecular formula is C20H26N2O3. The lowest BCUT2D eigenvalue weighted by atomic mass is 10.1. The Labute approximate surface area is 149 Å². The van der Waals surface area contributed by atoms with Gasteiger partial charge < -0.3 is 19.5 Å². The zero-order chi connectivity index (χ0) is 17.3. The van der Waals surface area contributed by atoms with Crippen LogP contribution >= 0.6 is 0 Å². The first-order chi connectivity index (χ1) is 12.3. The van der Waals surface area contributed by atoms with E-state index in [-0.39, 0.29) is 6.10 Å². The Kier molecular flexibility index (Phi) is 6.65. The number of hydrogen-bond donors (Lipinski definition) is 1. The van der Waals surface area contributed by atoms with Crippen LogP contribution < -0.4 is 14.8 Å². The molecule has 5 heteroatoms. The molecule has 1 aliphatic heterocycles. The van der Waals surface area contributed by atoms with Crippen molar-refractivity contribution in [3.8, 4) is 11.5 Å². The summed E-state index contributed by atoms with van der Waals surface area (Å²) in [5, 5.41) is 3.44. The molecule has 1 aliphatic rings. The summed E-state index contributed by atoms with van der Waals surface area (Å²) in [4.78, 5) is 4.03. The van der Waals surface area contributed by atoms with E-state index in [1.54, 1.807) is 7.11 Å². The van der Waals surface area contributed by atoms with Crippen LogP contribution in [0.15, 0.2) is 42.7 Å². The van der Waals surface area contributed by atoms with E-state index in [9.17, 15) is 0 Å². The van der Waals surface area contributed by atoms with Crippen LogP contribution in [0.4, 0.5) is 0 Å². The molecule has 134 valence electrons. The fourth-order valence-electron chi connectivity index (χ4n) is 2.92. The third-order valence-corrected chi connectivity index (χ3v) is 4.33. The monoisotopic (exact) mass is 342 g/mol. The van der Waals surface area contributed by atoms with Gasteiger partial charge >= 0.3 is 0 Å². The smallest absolute Gasteiger partial charge is 0.161 e. The highest BCUT2D eigenvalue weighted by Crippen LogP contribution is 2.29. The lowest BCUT2D eigenvalue weighted by Crippen LogP contribution is -2.25. The van der Waals surface area contributed by atoms with Gasteiger partial charge in [-0.15, -0.1) is 0 Å². The molecule has 1 N–H and O–H groups in total. The van der Waals surface area contributed by atoms with Gasteiger partial charge in [0.15, 0.2) is 11.5 Å². The number of methoxy groups -OCH3 is 1. The third-order valence-electron chi connectivity index (χ3n) is 4.33. The molecule has 1 fully saturated rings. The zero-order valence-corrected chi connectivity index (χ0v) is 14.7. The van der Waals surface area contributed by atoms with E-state index < -0.39 is 0 Å². The molecule has 0 amide bonds. The number of hydrogen-bond acceptors (Lipinski definition) is 5. The van der Waals surface area contributed by atoms with Crippen LogP contribution in [0, 0.1) is 0 Å². The zero-order valence-electron chi connectivity index (χ0n) is 14.7. The molecule has 2 aromatic rings. The summed E-state index contributed by atoms with van der Waals surface area (Å²) in [7, 11) is 1.67. The van der Waals surface area contributed by atoms with Crippen LogP contribution in [0.2, 0.25) is 0 Å². The largest absolute Gasteiger partial charge is 0.493 e. The first-order valence-corrected chi connectivity index (χ1v) is 8.86. The van der Waals surface area contributed by atoms with E-state index in [1.807, 2.05) is 36.7 Å². The van der Waals surface area contributed by atoms with Crippen LogP contribution in [0.3, 0.4) is 0 Å². The molecule has 0 radical (unpaired) electrons. The summed E-state index contributed by atoms with van der Waals surface area (Å²) in [5.41, 5.74) is 2.38. The lowest BCUT2D eigenvalue weighted by molar-refractivity contribution is -0.0115. The average Bonchev–Trinajstić information content (AvgIpc) is 2.68. The highest BCUT2D eigenvalue weighted by Gasteiger charge is 2.15. The molecule has 1 unspecified atom stereocenters.